The zero-order valence-corrected chi connectivity index (χ0v) is 13.8. The molecule has 0 fully saturated rings. The first kappa shape index (κ1) is 15.8. The lowest BCUT2D eigenvalue weighted by molar-refractivity contribution is -0.120. The molecule has 2 aromatic heterocycles. The van der Waals surface area contributed by atoms with Crippen molar-refractivity contribution in [1.29, 1.82) is 0 Å². The van der Waals surface area contributed by atoms with E-state index in [0.717, 1.165) is 0 Å². The quantitative estimate of drug-likeness (QED) is 0.734. The molecule has 3 aromatic rings. The second-order valence-electron chi connectivity index (χ2n) is 5.66. The van der Waals surface area contributed by atoms with Gasteiger partial charge in [0.25, 0.3) is 11.8 Å². The fraction of sp³-hybridized carbons (Fsp3) is 0.118. The van der Waals surface area contributed by atoms with Crippen molar-refractivity contribution in [1.82, 2.24) is 20.0 Å². The van der Waals surface area contributed by atoms with Gasteiger partial charge in [0.05, 0.1) is 11.9 Å². The van der Waals surface area contributed by atoms with Crippen LogP contribution < -0.4 is 15.8 Å². The number of rotatable bonds is 3. The van der Waals surface area contributed by atoms with E-state index in [0.29, 0.717) is 17.2 Å². The van der Waals surface area contributed by atoms with Crippen molar-refractivity contribution < 1.29 is 9.59 Å². The Bertz CT molecular complexity index is 1010. The summed E-state index contributed by atoms with van der Waals surface area (Å²) in [6.07, 6.45) is 3.16. The Labute approximate surface area is 148 Å². The number of para-hydroxylation sites is 1. The molecule has 2 amide bonds. The number of fused-ring (bicyclic) bond motifs is 1. The van der Waals surface area contributed by atoms with Gasteiger partial charge < -0.3 is 5.32 Å². The van der Waals surface area contributed by atoms with E-state index < -0.39 is 11.9 Å². The molecule has 0 unspecified atom stereocenters. The molecule has 4 rings (SSSR count). The highest BCUT2D eigenvalue weighted by Crippen LogP contribution is 2.16. The van der Waals surface area contributed by atoms with Gasteiger partial charge >= 0.3 is 0 Å². The smallest absolute Gasteiger partial charge is 0.293 e. The van der Waals surface area contributed by atoms with Crippen molar-refractivity contribution in [2.24, 2.45) is 4.99 Å². The number of carbonyl (C=O) groups is 2. The van der Waals surface area contributed by atoms with Crippen LogP contribution in [0.2, 0.25) is 0 Å². The summed E-state index contributed by atoms with van der Waals surface area (Å²) in [6, 6.07) is 11.7. The largest absolute Gasteiger partial charge is 0.304 e. The van der Waals surface area contributed by atoms with E-state index in [-0.39, 0.29) is 11.7 Å². The third kappa shape index (κ3) is 2.75. The first-order chi connectivity index (χ1) is 12.6. The standard InChI is InChI=1S/C17H15N7O2/c1-11-17(26)23(12-5-3-2-4-6-12)22-15(20-11)16(25)21-14-7-9-18-13-8-10-19-24(13)14/h2-11H,1H3,(H,20,22)(H,21,25)/t11-/m1/s1. The summed E-state index contributed by atoms with van der Waals surface area (Å²) in [7, 11) is 0. The Morgan fingerprint density at radius 2 is 1.96 bits per heavy atom. The van der Waals surface area contributed by atoms with Gasteiger partial charge in [-0.2, -0.15) is 9.61 Å². The Hall–Kier alpha value is -3.75. The van der Waals surface area contributed by atoms with Crippen LogP contribution in [0.1, 0.15) is 6.92 Å². The summed E-state index contributed by atoms with van der Waals surface area (Å²) >= 11 is 0. The third-order valence-electron chi connectivity index (χ3n) is 3.88. The summed E-state index contributed by atoms with van der Waals surface area (Å²) < 4.78 is 1.50. The van der Waals surface area contributed by atoms with Gasteiger partial charge in [-0.3, -0.25) is 15.0 Å². The van der Waals surface area contributed by atoms with Crippen molar-refractivity contribution in [2.45, 2.75) is 13.0 Å². The number of benzene rings is 1. The highest BCUT2D eigenvalue weighted by Gasteiger charge is 2.30. The van der Waals surface area contributed by atoms with Crippen molar-refractivity contribution in [3.8, 4) is 0 Å². The number of nitrogens with zero attached hydrogens (tertiary/aromatic N) is 5. The molecule has 2 N–H and O–H groups in total. The highest BCUT2D eigenvalue weighted by molar-refractivity contribution is 6.43. The lowest BCUT2D eigenvalue weighted by Gasteiger charge is -2.30. The van der Waals surface area contributed by atoms with Crippen molar-refractivity contribution in [2.75, 3.05) is 10.3 Å². The summed E-state index contributed by atoms with van der Waals surface area (Å²) in [4.78, 5) is 33.4. The molecule has 0 bridgehead atoms. The SMILES string of the molecule is C[C@H]1N=C(C(=O)Nc2ccnc3ccnn23)NN(c2ccccc2)C1=O. The number of amides is 2. The fourth-order valence-electron chi connectivity index (χ4n) is 2.61. The van der Waals surface area contributed by atoms with Gasteiger partial charge in [-0.1, -0.05) is 18.2 Å². The predicted molar refractivity (Wildman–Crippen MR) is 95.6 cm³/mol. The van der Waals surface area contributed by atoms with Gasteiger partial charge in [-0.05, 0) is 25.1 Å². The summed E-state index contributed by atoms with van der Waals surface area (Å²) in [5.74, 6) is -0.234. The Kier molecular flexibility index (Phi) is 3.81. The second-order valence-corrected chi connectivity index (χ2v) is 5.66. The number of aliphatic imine (C=N–C) groups is 1. The first-order valence-electron chi connectivity index (χ1n) is 7.97. The van der Waals surface area contributed by atoms with Crippen LogP contribution in [0.4, 0.5) is 11.5 Å². The number of anilines is 2. The van der Waals surface area contributed by atoms with E-state index in [1.165, 1.54) is 9.52 Å². The van der Waals surface area contributed by atoms with Crippen molar-refractivity contribution in [3.05, 3.63) is 54.9 Å². The molecule has 3 heterocycles. The number of hydrogen-bond acceptors (Lipinski definition) is 6. The third-order valence-corrected chi connectivity index (χ3v) is 3.88. The zero-order valence-electron chi connectivity index (χ0n) is 13.8. The van der Waals surface area contributed by atoms with Gasteiger partial charge in [0.2, 0.25) is 5.84 Å². The molecular weight excluding hydrogens is 334 g/mol. The van der Waals surface area contributed by atoms with Gasteiger partial charge in [0.1, 0.15) is 11.9 Å². The van der Waals surface area contributed by atoms with Gasteiger partial charge in [0, 0.05) is 12.3 Å². The molecule has 1 aliphatic rings. The van der Waals surface area contributed by atoms with Crippen LogP contribution in [0.15, 0.2) is 59.9 Å². The highest BCUT2D eigenvalue weighted by atomic mass is 16.2. The van der Waals surface area contributed by atoms with E-state index in [9.17, 15) is 9.59 Å². The molecule has 130 valence electrons. The van der Waals surface area contributed by atoms with Crippen LogP contribution >= 0.6 is 0 Å². The van der Waals surface area contributed by atoms with Crippen LogP contribution in [0.25, 0.3) is 5.65 Å². The molecule has 9 heteroatoms. The van der Waals surface area contributed by atoms with Crippen LogP contribution in [0.5, 0.6) is 0 Å². The summed E-state index contributed by atoms with van der Waals surface area (Å²) in [5, 5.41) is 8.18. The molecule has 0 aliphatic carbocycles. The van der Waals surface area contributed by atoms with Crippen molar-refractivity contribution >= 4 is 34.8 Å². The molecule has 26 heavy (non-hydrogen) atoms. The first-order valence-corrected chi connectivity index (χ1v) is 7.97. The van der Waals surface area contributed by atoms with Crippen LogP contribution in [-0.4, -0.2) is 38.3 Å². The minimum absolute atomic E-state index is 0.0399. The molecule has 1 atom stereocenters. The zero-order chi connectivity index (χ0) is 18.1. The van der Waals surface area contributed by atoms with Crippen LogP contribution in [-0.2, 0) is 9.59 Å². The maximum absolute atomic E-state index is 12.7. The number of hydrazine groups is 1. The van der Waals surface area contributed by atoms with Crippen molar-refractivity contribution in [3.63, 3.8) is 0 Å². The maximum atomic E-state index is 12.7. The van der Waals surface area contributed by atoms with E-state index in [1.54, 1.807) is 43.6 Å². The number of amidine groups is 1. The summed E-state index contributed by atoms with van der Waals surface area (Å²) in [5.41, 5.74) is 4.02. The monoisotopic (exact) mass is 349 g/mol. The molecule has 1 aliphatic heterocycles. The molecule has 0 saturated carbocycles. The maximum Gasteiger partial charge on any atom is 0.293 e. The minimum atomic E-state index is -0.681. The fourth-order valence-corrected chi connectivity index (χ4v) is 2.61. The molecular formula is C17H15N7O2. The molecule has 0 radical (unpaired) electrons. The number of nitrogens with one attached hydrogen (secondary N) is 2. The minimum Gasteiger partial charge on any atom is -0.304 e. The van der Waals surface area contributed by atoms with Crippen LogP contribution in [0.3, 0.4) is 0 Å². The Morgan fingerprint density at radius 1 is 1.15 bits per heavy atom. The molecule has 0 saturated heterocycles. The average Bonchev–Trinajstić information content (AvgIpc) is 3.14. The van der Waals surface area contributed by atoms with E-state index in [4.69, 9.17) is 0 Å². The van der Waals surface area contributed by atoms with Gasteiger partial charge in [-0.15, -0.1) is 0 Å². The number of hydrogen-bond donors (Lipinski definition) is 2. The lowest BCUT2D eigenvalue weighted by atomic mass is 10.2. The number of aromatic nitrogens is 3. The molecule has 9 nitrogen and oxygen atoms in total. The van der Waals surface area contributed by atoms with Crippen LogP contribution in [0, 0.1) is 0 Å². The Morgan fingerprint density at radius 3 is 2.77 bits per heavy atom. The summed E-state index contributed by atoms with van der Waals surface area (Å²) in [6.45, 7) is 1.64. The number of carbonyl (C=O) groups excluding carboxylic acids is 2. The second kappa shape index (κ2) is 6.28. The lowest BCUT2D eigenvalue weighted by Crippen LogP contribution is -2.57. The molecule has 0 spiro atoms. The van der Waals surface area contributed by atoms with E-state index >= 15 is 0 Å². The Balaban J connectivity index is 1.60. The topological polar surface area (TPSA) is 104 Å². The van der Waals surface area contributed by atoms with Gasteiger partial charge in [0.15, 0.2) is 5.65 Å². The van der Waals surface area contributed by atoms with E-state index in [2.05, 4.69) is 25.8 Å². The van der Waals surface area contributed by atoms with Gasteiger partial charge in [-0.25, -0.2) is 15.0 Å². The predicted octanol–water partition coefficient (Wildman–Crippen LogP) is 1.01. The van der Waals surface area contributed by atoms with E-state index in [1.807, 2.05) is 18.2 Å². The normalized spacial score (nSPS) is 17.0. The average molecular weight is 349 g/mol. The molecule has 1 aromatic carbocycles.